The molecule has 10 nitrogen and oxygen atoms in total. The van der Waals surface area contributed by atoms with Crippen molar-refractivity contribution >= 4 is 0 Å². The first-order valence-electron chi connectivity index (χ1n) is 6.40. The molecule has 2 N–H and O–H groups in total. The van der Waals surface area contributed by atoms with E-state index in [0.29, 0.717) is 0 Å². The van der Waals surface area contributed by atoms with Crippen LogP contribution in [0.1, 0.15) is 6.42 Å². The van der Waals surface area contributed by atoms with Crippen molar-refractivity contribution in [3.63, 3.8) is 0 Å². The SMILES string of the molecule is COC1COC(CO)(n2ccnn2)C(O)(n2ccnn2)C1. The molecule has 3 heterocycles. The Morgan fingerprint density at radius 3 is 2.48 bits per heavy atom. The summed E-state index contributed by atoms with van der Waals surface area (Å²) in [6.45, 7) is -0.336. The van der Waals surface area contributed by atoms with Crippen molar-refractivity contribution in [1.29, 1.82) is 0 Å². The highest BCUT2D eigenvalue weighted by atomic mass is 16.6. The number of hydrogen-bond acceptors (Lipinski definition) is 8. The molecule has 1 fully saturated rings. The largest absolute Gasteiger partial charge is 0.391 e. The number of nitrogens with zero attached hydrogens (tertiary/aromatic N) is 6. The van der Waals surface area contributed by atoms with Crippen LogP contribution in [-0.4, -0.2) is 66.6 Å². The van der Waals surface area contributed by atoms with Crippen LogP contribution in [0, 0.1) is 0 Å². The zero-order valence-corrected chi connectivity index (χ0v) is 11.4. The molecule has 1 aliphatic rings. The molecule has 2 aromatic rings. The summed E-state index contributed by atoms with van der Waals surface area (Å²) in [5.74, 6) is 0. The monoisotopic (exact) mass is 296 g/mol. The molecule has 114 valence electrons. The highest BCUT2D eigenvalue weighted by molar-refractivity contribution is 4.99. The Balaban J connectivity index is 2.12. The predicted octanol–water partition coefficient (Wildman–Crippen LogP) is -1.70. The molecule has 3 atom stereocenters. The highest BCUT2D eigenvalue weighted by Crippen LogP contribution is 2.42. The van der Waals surface area contributed by atoms with Gasteiger partial charge in [-0.3, -0.25) is 0 Å². The van der Waals surface area contributed by atoms with Gasteiger partial charge >= 0.3 is 0 Å². The molecule has 3 unspecified atom stereocenters. The fourth-order valence-corrected chi connectivity index (χ4v) is 2.61. The Morgan fingerprint density at radius 2 is 1.95 bits per heavy atom. The topological polar surface area (TPSA) is 120 Å². The van der Waals surface area contributed by atoms with Gasteiger partial charge in [0.1, 0.15) is 0 Å². The molecule has 0 spiro atoms. The van der Waals surface area contributed by atoms with Gasteiger partial charge in [-0.25, -0.2) is 9.36 Å². The van der Waals surface area contributed by atoms with E-state index in [4.69, 9.17) is 9.47 Å². The van der Waals surface area contributed by atoms with E-state index in [-0.39, 0.29) is 19.1 Å². The first kappa shape index (κ1) is 14.1. The first-order valence-corrected chi connectivity index (χ1v) is 6.40. The molecule has 3 rings (SSSR count). The summed E-state index contributed by atoms with van der Waals surface area (Å²) in [6.07, 6.45) is 5.65. The van der Waals surface area contributed by atoms with Crippen LogP contribution in [0.4, 0.5) is 0 Å². The number of rotatable bonds is 4. The Labute approximate surface area is 119 Å². The Kier molecular flexibility index (Phi) is 3.45. The molecule has 0 aromatic carbocycles. The van der Waals surface area contributed by atoms with Gasteiger partial charge in [-0.2, -0.15) is 0 Å². The van der Waals surface area contributed by atoms with E-state index >= 15 is 0 Å². The van der Waals surface area contributed by atoms with E-state index in [1.54, 1.807) is 0 Å². The number of ether oxygens (including phenoxy) is 2. The molecule has 2 aromatic heterocycles. The second-order valence-corrected chi connectivity index (χ2v) is 4.83. The van der Waals surface area contributed by atoms with E-state index in [2.05, 4.69) is 20.6 Å². The van der Waals surface area contributed by atoms with E-state index in [1.807, 2.05) is 0 Å². The standard InChI is InChI=1S/C11H16N6O4/c1-20-9-6-10(19,16-4-2-12-14-16)11(8-18,21-7-9)17-5-3-13-15-17/h2-5,9,18-19H,6-8H2,1H3. The maximum Gasteiger partial charge on any atom is 0.235 e. The van der Waals surface area contributed by atoms with Gasteiger partial charge < -0.3 is 19.7 Å². The maximum absolute atomic E-state index is 11.2. The lowest BCUT2D eigenvalue weighted by Gasteiger charge is -2.49. The van der Waals surface area contributed by atoms with Gasteiger partial charge in [-0.05, 0) is 0 Å². The highest BCUT2D eigenvalue weighted by Gasteiger charge is 2.60. The van der Waals surface area contributed by atoms with Crippen molar-refractivity contribution in [2.24, 2.45) is 0 Å². The van der Waals surface area contributed by atoms with Crippen molar-refractivity contribution in [3.05, 3.63) is 24.8 Å². The third-order valence-electron chi connectivity index (χ3n) is 3.79. The molecule has 1 saturated heterocycles. The summed E-state index contributed by atoms with van der Waals surface area (Å²) < 4.78 is 13.5. The third-order valence-corrected chi connectivity index (χ3v) is 3.79. The molecule has 0 radical (unpaired) electrons. The smallest absolute Gasteiger partial charge is 0.235 e. The number of methoxy groups -OCH3 is 1. The minimum Gasteiger partial charge on any atom is -0.391 e. The zero-order chi connectivity index (χ0) is 14.9. The van der Waals surface area contributed by atoms with Crippen LogP contribution >= 0.6 is 0 Å². The Hall–Kier alpha value is -1.88. The maximum atomic E-state index is 11.2. The van der Waals surface area contributed by atoms with Crippen LogP contribution in [0.3, 0.4) is 0 Å². The van der Waals surface area contributed by atoms with Gasteiger partial charge in [-0.15, -0.1) is 10.2 Å². The average Bonchev–Trinajstić information content (AvgIpc) is 3.20. The molecule has 0 aliphatic carbocycles. The summed E-state index contributed by atoms with van der Waals surface area (Å²) in [4.78, 5) is 0. The number of aliphatic hydroxyl groups is 2. The van der Waals surface area contributed by atoms with E-state index < -0.39 is 18.1 Å². The Bertz CT molecular complexity index is 576. The Morgan fingerprint density at radius 1 is 1.29 bits per heavy atom. The molecular weight excluding hydrogens is 280 g/mol. The second kappa shape index (κ2) is 5.15. The quantitative estimate of drug-likeness (QED) is 0.684. The summed E-state index contributed by atoms with van der Waals surface area (Å²) in [7, 11) is 1.52. The van der Waals surface area contributed by atoms with E-state index in [1.165, 1.54) is 41.3 Å². The van der Waals surface area contributed by atoms with Crippen LogP contribution in [0.15, 0.2) is 24.8 Å². The molecule has 1 aliphatic heterocycles. The molecule has 0 amide bonds. The lowest BCUT2D eigenvalue weighted by molar-refractivity contribution is -0.339. The van der Waals surface area contributed by atoms with Crippen molar-refractivity contribution in [2.75, 3.05) is 20.3 Å². The predicted molar refractivity (Wildman–Crippen MR) is 66.7 cm³/mol. The van der Waals surface area contributed by atoms with Gasteiger partial charge in [0.25, 0.3) is 0 Å². The third kappa shape index (κ3) is 1.95. The molecular formula is C11H16N6O4. The summed E-state index contributed by atoms with van der Waals surface area (Å²) >= 11 is 0. The lowest BCUT2D eigenvalue weighted by atomic mass is 9.90. The van der Waals surface area contributed by atoms with Gasteiger partial charge in [-0.1, -0.05) is 10.4 Å². The average molecular weight is 296 g/mol. The van der Waals surface area contributed by atoms with Crippen LogP contribution < -0.4 is 0 Å². The van der Waals surface area contributed by atoms with Gasteiger partial charge in [0, 0.05) is 25.9 Å². The van der Waals surface area contributed by atoms with Crippen LogP contribution in [0.25, 0.3) is 0 Å². The van der Waals surface area contributed by atoms with Crippen molar-refractivity contribution in [2.45, 2.75) is 24.0 Å². The summed E-state index contributed by atoms with van der Waals surface area (Å²) in [5.41, 5.74) is -3.29. The molecule has 0 bridgehead atoms. The second-order valence-electron chi connectivity index (χ2n) is 4.83. The van der Waals surface area contributed by atoms with Crippen LogP contribution in [-0.2, 0) is 20.9 Å². The minimum atomic E-state index is -1.73. The van der Waals surface area contributed by atoms with Crippen molar-refractivity contribution in [1.82, 2.24) is 30.0 Å². The fraction of sp³-hybridized carbons (Fsp3) is 0.636. The minimum absolute atomic E-state index is 0.146. The van der Waals surface area contributed by atoms with Gasteiger partial charge in [0.15, 0.2) is 0 Å². The molecule has 10 heteroatoms. The number of hydrogen-bond donors (Lipinski definition) is 2. The lowest BCUT2D eigenvalue weighted by Crippen LogP contribution is -2.66. The van der Waals surface area contributed by atoms with Gasteiger partial charge in [0.2, 0.25) is 11.4 Å². The molecule has 21 heavy (non-hydrogen) atoms. The first-order chi connectivity index (χ1) is 10.2. The summed E-state index contributed by atoms with van der Waals surface area (Å²) in [6, 6.07) is 0. The normalized spacial score (nSPS) is 33.2. The fourth-order valence-electron chi connectivity index (χ4n) is 2.61. The van der Waals surface area contributed by atoms with E-state index in [0.717, 1.165) is 0 Å². The van der Waals surface area contributed by atoms with E-state index in [9.17, 15) is 10.2 Å². The van der Waals surface area contributed by atoms with Gasteiger partial charge in [0.05, 0.1) is 31.7 Å². The number of aromatic nitrogens is 6. The number of aliphatic hydroxyl groups excluding tert-OH is 1. The summed E-state index contributed by atoms with van der Waals surface area (Å²) in [5, 5.41) is 36.3. The molecule has 0 saturated carbocycles. The van der Waals surface area contributed by atoms with Crippen molar-refractivity contribution < 1.29 is 19.7 Å². The van der Waals surface area contributed by atoms with Crippen LogP contribution in [0.5, 0.6) is 0 Å². The van der Waals surface area contributed by atoms with Crippen molar-refractivity contribution in [3.8, 4) is 0 Å². The van der Waals surface area contributed by atoms with Crippen LogP contribution in [0.2, 0.25) is 0 Å². The zero-order valence-electron chi connectivity index (χ0n) is 11.4.